The monoisotopic (exact) mass is 405 g/mol. The van der Waals surface area contributed by atoms with E-state index in [-0.39, 0.29) is 30.7 Å². The Labute approximate surface area is 169 Å². The van der Waals surface area contributed by atoms with E-state index in [1.54, 1.807) is 6.20 Å². The fourth-order valence-corrected chi connectivity index (χ4v) is 4.21. The topological polar surface area (TPSA) is 53.4 Å². The number of hydrogen-bond acceptors (Lipinski definition) is 4. The van der Waals surface area contributed by atoms with Crippen molar-refractivity contribution in [2.45, 2.75) is 38.6 Å². The molecule has 2 aliphatic rings. The minimum absolute atomic E-state index is 0. The van der Waals surface area contributed by atoms with E-state index in [1.165, 1.54) is 0 Å². The Balaban J connectivity index is 0.00000169. The highest BCUT2D eigenvalue weighted by Gasteiger charge is 2.45. The van der Waals surface area contributed by atoms with Gasteiger partial charge in [-0.15, -0.1) is 24.8 Å². The molecule has 2 aliphatic heterocycles. The third kappa shape index (κ3) is 4.71. The van der Waals surface area contributed by atoms with Gasteiger partial charge in [0, 0.05) is 32.0 Å². The largest absolute Gasteiger partial charge is 0.340 e. The number of aromatic nitrogens is 2. The molecule has 0 aromatic carbocycles. The van der Waals surface area contributed by atoms with Crippen LogP contribution in [0.2, 0.25) is 0 Å². The number of likely N-dealkylation sites (tertiary alicyclic amines) is 1. The summed E-state index contributed by atoms with van der Waals surface area (Å²) in [5.74, 6) is 0.875. The van der Waals surface area contributed by atoms with Crippen LogP contribution in [0.15, 0.2) is 18.5 Å². The van der Waals surface area contributed by atoms with Gasteiger partial charge in [0.15, 0.2) is 0 Å². The molecule has 26 heavy (non-hydrogen) atoms. The van der Waals surface area contributed by atoms with E-state index in [0.29, 0.717) is 5.92 Å². The summed E-state index contributed by atoms with van der Waals surface area (Å²) >= 11 is 0. The fraction of sp³-hybridized carbons (Fsp3) is 0.778. The molecule has 2 saturated heterocycles. The molecule has 1 aromatic rings. The van der Waals surface area contributed by atoms with Crippen LogP contribution in [0.3, 0.4) is 0 Å². The zero-order valence-electron chi connectivity index (χ0n) is 15.9. The molecule has 0 radical (unpaired) electrons. The van der Waals surface area contributed by atoms with E-state index >= 15 is 0 Å². The summed E-state index contributed by atoms with van der Waals surface area (Å²) in [5.41, 5.74) is -0.487. The Morgan fingerprint density at radius 3 is 2.54 bits per heavy atom. The van der Waals surface area contributed by atoms with E-state index in [2.05, 4.69) is 34.1 Å². The average Bonchev–Trinajstić information content (AvgIpc) is 3.31. The minimum Gasteiger partial charge on any atom is -0.340 e. The molecule has 1 amide bonds. The van der Waals surface area contributed by atoms with Gasteiger partial charge in [-0.3, -0.25) is 9.48 Å². The van der Waals surface area contributed by atoms with Crippen molar-refractivity contribution in [3.63, 3.8) is 0 Å². The van der Waals surface area contributed by atoms with E-state index in [9.17, 15) is 4.79 Å². The van der Waals surface area contributed by atoms with Gasteiger partial charge in [-0.05, 0) is 57.4 Å². The molecule has 0 saturated carbocycles. The van der Waals surface area contributed by atoms with Crippen molar-refractivity contribution in [1.29, 1.82) is 0 Å². The number of hydrogen-bond donors (Lipinski definition) is 1. The summed E-state index contributed by atoms with van der Waals surface area (Å²) in [6.07, 6.45) is 6.50. The zero-order valence-corrected chi connectivity index (χ0v) is 17.5. The summed E-state index contributed by atoms with van der Waals surface area (Å²) in [6, 6.07) is 1.92. The maximum Gasteiger partial charge on any atom is 0.250 e. The lowest BCUT2D eigenvalue weighted by molar-refractivity contribution is -0.142. The highest BCUT2D eigenvalue weighted by atomic mass is 35.5. The second-order valence-electron chi connectivity index (χ2n) is 7.12. The van der Waals surface area contributed by atoms with E-state index in [0.717, 1.165) is 65.1 Å². The predicted octanol–water partition coefficient (Wildman–Crippen LogP) is 2.00. The number of halogens is 2. The number of amides is 1. The Kier molecular flexibility index (Phi) is 9.38. The molecule has 1 unspecified atom stereocenters. The molecule has 0 aliphatic carbocycles. The lowest BCUT2D eigenvalue weighted by Gasteiger charge is -2.39. The second kappa shape index (κ2) is 10.5. The normalized spacial score (nSPS) is 22.0. The third-order valence-corrected chi connectivity index (χ3v) is 5.76. The molecule has 150 valence electrons. The number of rotatable bonds is 6. The third-order valence-electron chi connectivity index (χ3n) is 5.76. The van der Waals surface area contributed by atoms with Gasteiger partial charge in [-0.25, -0.2) is 0 Å². The lowest BCUT2D eigenvalue weighted by Crippen LogP contribution is -2.55. The highest BCUT2D eigenvalue weighted by molar-refractivity contribution is 5.86. The van der Waals surface area contributed by atoms with Crippen LogP contribution in [-0.4, -0.2) is 71.3 Å². The quantitative estimate of drug-likeness (QED) is 0.785. The van der Waals surface area contributed by atoms with Gasteiger partial charge < -0.3 is 15.1 Å². The van der Waals surface area contributed by atoms with Gasteiger partial charge in [-0.2, -0.15) is 5.10 Å². The van der Waals surface area contributed by atoms with Crippen molar-refractivity contribution < 1.29 is 4.79 Å². The van der Waals surface area contributed by atoms with Crippen LogP contribution in [0.1, 0.15) is 33.1 Å². The van der Waals surface area contributed by atoms with Crippen LogP contribution < -0.4 is 5.32 Å². The first-order chi connectivity index (χ1) is 11.7. The number of nitrogens with zero attached hydrogens (tertiary/aromatic N) is 4. The van der Waals surface area contributed by atoms with Gasteiger partial charge in [0.1, 0.15) is 5.54 Å². The second-order valence-corrected chi connectivity index (χ2v) is 7.12. The first kappa shape index (κ1) is 23.2. The van der Waals surface area contributed by atoms with Crippen molar-refractivity contribution in [1.82, 2.24) is 24.9 Å². The summed E-state index contributed by atoms with van der Waals surface area (Å²) < 4.78 is 1.91. The van der Waals surface area contributed by atoms with E-state index in [1.807, 2.05) is 16.9 Å². The highest BCUT2D eigenvalue weighted by Crippen LogP contribution is 2.31. The van der Waals surface area contributed by atoms with Crippen LogP contribution in [0.5, 0.6) is 0 Å². The molecular formula is C18H33Cl2N5O. The van der Waals surface area contributed by atoms with Gasteiger partial charge in [0.25, 0.3) is 5.91 Å². The van der Waals surface area contributed by atoms with Gasteiger partial charge in [0.05, 0.1) is 0 Å². The summed E-state index contributed by atoms with van der Waals surface area (Å²) in [6.45, 7) is 11.2. The van der Waals surface area contributed by atoms with Crippen LogP contribution in [0.4, 0.5) is 0 Å². The molecule has 8 heteroatoms. The SMILES string of the molecule is CCN(CC)CC1CCN(C(=O)C2(n3cccn3)CCNCC2)C1.Cl.Cl. The minimum atomic E-state index is -0.487. The van der Waals surface area contributed by atoms with Crippen molar-refractivity contribution in [3.05, 3.63) is 18.5 Å². The van der Waals surface area contributed by atoms with Gasteiger partial charge in [0.2, 0.25) is 0 Å². The summed E-state index contributed by atoms with van der Waals surface area (Å²) in [4.78, 5) is 18.0. The first-order valence-electron chi connectivity index (χ1n) is 9.42. The zero-order chi connectivity index (χ0) is 17.0. The van der Waals surface area contributed by atoms with Gasteiger partial charge >= 0.3 is 0 Å². The molecule has 3 heterocycles. The van der Waals surface area contributed by atoms with Crippen molar-refractivity contribution in [2.24, 2.45) is 5.92 Å². The number of nitrogens with one attached hydrogen (secondary N) is 1. The van der Waals surface area contributed by atoms with E-state index < -0.39 is 5.54 Å². The number of carbonyl (C=O) groups is 1. The Morgan fingerprint density at radius 2 is 1.96 bits per heavy atom. The summed E-state index contributed by atoms with van der Waals surface area (Å²) in [5, 5.41) is 7.81. The molecule has 6 nitrogen and oxygen atoms in total. The standard InChI is InChI=1S/C18H31N5O.2ClH/c1-3-21(4-2)14-16-6-13-22(15-16)17(24)18(7-10-19-11-8-18)23-12-5-9-20-23;;/h5,9,12,16,19H,3-4,6-8,10-11,13-15H2,1-2H3;2*1H. The Hall–Kier alpha value is -0.820. The fourth-order valence-electron chi connectivity index (χ4n) is 4.21. The maximum absolute atomic E-state index is 13.4. The Morgan fingerprint density at radius 1 is 1.27 bits per heavy atom. The molecule has 3 rings (SSSR count). The molecule has 2 fully saturated rings. The van der Waals surface area contributed by atoms with Crippen molar-refractivity contribution in [3.8, 4) is 0 Å². The molecule has 1 aromatic heterocycles. The van der Waals surface area contributed by atoms with Crippen LogP contribution in [-0.2, 0) is 10.3 Å². The van der Waals surface area contributed by atoms with Crippen molar-refractivity contribution >= 4 is 30.7 Å². The van der Waals surface area contributed by atoms with E-state index in [4.69, 9.17) is 0 Å². The van der Waals surface area contributed by atoms with Crippen LogP contribution >= 0.6 is 24.8 Å². The number of carbonyl (C=O) groups excluding carboxylic acids is 1. The van der Waals surface area contributed by atoms with Crippen LogP contribution in [0, 0.1) is 5.92 Å². The smallest absolute Gasteiger partial charge is 0.250 e. The molecular weight excluding hydrogens is 373 g/mol. The molecule has 1 atom stereocenters. The van der Waals surface area contributed by atoms with Crippen molar-refractivity contribution in [2.75, 3.05) is 45.8 Å². The maximum atomic E-state index is 13.4. The molecule has 0 spiro atoms. The first-order valence-corrected chi connectivity index (χ1v) is 9.42. The Bertz CT molecular complexity index is 530. The number of piperidine rings is 1. The summed E-state index contributed by atoms with van der Waals surface area (Å²) in [7, 11) is 0. The molecule has 0 bridgehead atoms. The lowest BCUT2D eigenvalue weighted by atomic mass is 9.87. The van der Waals surface area contributed by atoms with Gasteiger partial charge in [-0.1, -0.05) is 13.8 Å². The van der Waals surface area contributed by atoms with Crippen LogP contribution in [0.25, 0.3) is 0 Å². The molecule has 1 N–H and O–H groups in total. The average molecular weight is 406 g/mol. The predicted molar refractivity (Wildman–Crippen MR) is 109 cm³/mol.